The molecule has 0 spiro atoms. The molecule has 3 heteroatoms. The summed E-state index contributed by atoms with van der Waals surface area (Å²) in [5, 5.41) is 0.700. The van der Waals surface area contributed by atoms with Crippen LogP contribution in [0.3, 0.4) is 0 Å². The van der Waals surface area contributed by atoms with E-state index in [0.717, 1.165) is 18.6 Å². The van der Waals surface area contributed by atoms with Crippen LogP contribution in [0.15, 0.2) is 24.3 Å². The van der Waals surface area contributed by atoms with Crippen LogP contribution in [0, 0.1) is 5.82 Å². The smallest absolute Gasteiger partial charge is 0.123 e. The number of hydrogen-bond acceptors (Lipinski definition) is 1. The molecule has 0 N–H and O–H groups in total. The summed E-state index contributed by atoms with van der Waals surface area (Å²) in [6.45, 7) is 2.96. The molecule has 102 valence electrons. The average Bonchev–Trinajstić information content (AvgIpc) is 2.38. The summed E-state index contributed by atoms with van der Waals surface area (Å²) >= 11 is 3.42. The highest BCUT2D eigenvalue weighted by atomic mass is 79.9. The molecule has 0 fully saturated rings. The molecule has 1 rings (SSSR count). The molecule has 0 radical (unpaired) electrons. The number of ether oxygens (including phenoxy) is 1. The Morgan fingerprint density at radius 3 is 2.67 bits per heavy atom. The van der Waals surface area contributed by atoms with Crippen LogP contribution in [0.5, 0.6) is 0 Å². The Bertz CT molecular complexity index is 330. The minimum Gasteiger partial charge on any atom is -0.373 e. The van der Waals surface area contributed by atoms with E-state index in [1.54, 1.807) is 12.1 Å². The molecule has 1 nitrogen and oxygen atoms in total. The van der Waals surface area contributed by atoms with E-state index in [1.807, 2.05) is 6.07 Å². The largest absolute Gasteiger partial charge is 0.373 e. The summed E-state index contributed by atoms with van der Waals surface area (Å²) in [5.41, 5.74) is 0.903. The fourth-order valence-corrected chi connectivity index (χ4v) is 2.43. The van der Waals surface area contributed by atoms with E-state index in [4.69, 9.17) is 4.74 Å². The molecule has 0 aliphatic carbocycles. The van der Waals surface area contributed by atoms with Crippen molar-refractivity contribution < 1.29 is 9.13 Å². The fourth-order valence-electron chi connectivity index (χ4n) is 1.87. The Hall–Kier alpha value is -0.410. The van der Waals surface area contributed by atoms with Crippen molar-refractivity contribution in [2.45, 2.75) is 45.1 Å². The molecule has 0 aliphatic rings. The summed E-state index contributed by atoms with van der Waals surface area (Å²) < 4.78 is 18.9. The lowest BCUT2D eigenvalue weighted by atomic mass is 10.1. The summed E-state index contributed by atoms with van der Waals surface area (Å²) in [4.78, 5) is 0. The van der Waals surface area contributed by atoms with E-state index in [9.17, 15) is 4.39 Å². The van der Waals surface area contributed by atoms with Gasteiger partial charge in [0, 0.05) is 11.9 Å². The van der Waals surface area contributed by atoms with Gasteiger partial charge in [-0.3, -0.25) is 0 Å². The number of alkyl halides is 1. The monoisotopic (exact) mass is 316 g/mol. The molecule has 18 heavy (non-hydrogen) atoms. The van der Waals surface area contributed by atoms with Crippen LogP contribution in [-0.4, -0.2) is 11.9 Å². The predicted octanol–water partition coefficient (Wildman–Crippen LogP) is 5.25. The molecule has 1 atom stereocenters. The Morgan fingerprint density at radius 1 is 1.22 bits per heavy atom. The molecule has 0 bridgehead atoms. The van der Waals surface area contributed by atoms with Gasteiger partial charge >= 0.3 is 0 Å². The first kappa shape index (κ1) is 15.6. The maximum Gasteiger partial charge on any atom is 0.123 e. The van der Waals surface area contributed by atoms with E-state index < -0.39 is 0 Å². The zero-order valence-electron chi connectivity index (χ0n) is 11.0. The van der Waals surface area contributed by atoms with Crippen molar-refractivity contribution >= 4 is 15.9 Å². The van der Waals surface area contributed by atoms with Crippen molar-refractivity contribution in [3.8, 4) is 0 Å². The van der Waals surface area contributed by atoms with Crippen molar-refractivity contribution in [3.63, 3.8) is 0 Å². The van der Waals surface area contributed by atoms with Crippen molar-refractivity contribution in [2.75, 3.05) is 11.9 Å². The number of unbranched alkanes of at least 4 members (excludes halogenated alkanes) is 4. The highest BCUT2D eigenvalue weighted by Gasteiger charge is 2.10. The van der Waals surface area contributed by atoms with Crippen LogP contribution in [0.2, 0.25) is 0 Å². The lowest BCUT2D eigenvalue weighted by Crippen LogP contribution is -2.07. The second-order valence-corrected chi connectivity index (χ2v) is 5.13. The molecule has 0 saturated heterocycles. The Labute approximate surface area is 118 Å². The number of halogens is 2. The predicted molar refractivity (Wildman–Crippen MR) is 77.6 cm³/mol. The summed E-state index contributed by atoms with van der Waals surface area (Å²) in [5.74, 6) is -0.204. The molecule has 0 aliphatic heterocycles. The first-order valence-electron chi connectivity index (χ1n) is 6.71. The van der Waals surface area contributed by atoms with Crippen LogP contribution in [0.1, 0.15) is 50.7 Å². The van der Waals surface area contributed by atoms with E-state index >= 15 is 0 Å². The second-order valence-electron chi connectivity index (χ2n) is 4.48. The van der Waals surface area contributed by atoms with Crippen LogP contribution in [-0.2, 0) is 4.74 Å². The summed E-state index contributed by atoms with van der Waals surface area (Å²) in [6.07, 6.45) is 6.08. The minimum atomic E-state index is -0.204. The maximum absolute atomic E-state index is 13.1. The van der Waals surface area contributed by atoms with Crippen LogP contribution in [0.4, 0.5) is 4.39 Å². The van der Waals surface area contributed by atoms with Crippen molar-refractivity contribution in [1.82, 2.24) is 0 Å². The third-order valence-corrected chi connectivity index (χ3v) is 3.52. The third kappa shape index (κ3) is 5.96. The van der Waals surface area contributed by atoms with Gasteiger partial charge in [-0.1, -0.05) is 60.7 Å². The molecule has 1 aromatic rings. The third-order valence-electron chi connectivity index (χ3n) is 2.93. The van der Waals surface area contributed by atoms with Gasteiger partial charge < -0.3 is 4.74 Å². The van der Waals surface area contributed by atoms with E-state index in [1.165, 1.54) is 31.7 Å². The van der Waals surface area contributed by atoms with Crippen molar-refractivity contribution in [1.29, 1.82) is 0 Å². The van der Waals surface area contributed by atoms with Crippen LogP contribution in [0.25, 0.3) is 0 Å². The molecule has 0 saturated carbocycles. The van der Waals surface area contributed by atoms with E-state index in [2.05, 4.69) is 22.9 Å². The van der Waals surface area contributed by atoms with Gasteiger partial charge in [0.25, 0.3) is 0 Å². The van der Waals surface area contributed by atoms with Gasteiger partial charge in [-0.05, 0) is 24.1 Å². The lowest BCUT2D eigenvalue weighted by Gasteiger charge is -2.15. The van der Waals surface area contributed by atoms with Gasteiger partial charge in [-0.25, -0.2) is 4.39 Å². The van der Waals surface area contributed by atoms with Gasteiger partial charge in [0.15, 0.2) is 0 Å². The van der Waals surface area contributed by atoms with Gasteiger partial charge in [-0.2, -0.15) is 0 Å². The number of hydrogen-bond donors (Lipinski definition) is 0. The normalized spacial score (nSPS) is 12.6. The zero-order chi connectivity index (χ0) is 13.2. The Kier molecular flexibility index (Phi) is 8.27. The van der Waals surface area contributed by atoms with Crippen molar-refractivity contribution in [2.24, 2.45) is 0 Å². The fraction of sp³-hybridized carbons (Fsp3) is 0.600. The van der Waals surface area contributed by atoms with Crippen molar-refractivity contribution in [3.05, 3.63) is 35.6 Å². The molecule has 0 aromatic heterocycles. The van der Waals surface area contributed by atoms with Crippen LogP contribution >= 0.6 is 15.9 Å². The maximum atomic E-state index is 13.1. The molecule has 1 aromatic carbocycles. The highest BCUT2D eigenvalue weighted by Crippen LogP contribution is 2.21. The average molecular weight is 317 g/mol. The highest BCUT2D eigenvalue weighted by molar-refractivity contribution is 9.09. The molecule has 0 heterocycles. The molecular formula is C15H22BrFO. The van der Waals surface area contributed by atoms with E-state index in [-0.39, 0.29) is 11.9 Å². The first-order valence-corrected chi connectivity index (χ1v) is 7.83. The topological polar surface area (TPSA) is 9.23 Å². The lowest BCUT2D eigenvalue weighted by molar-refractivity contribution is 0.0666. The summed E-state index contributed by atoms with van der Waals surface area (Å²) in [6, 6.07) is 6.64. The SMILES string of the molecule is CCCCCCCOC(CBr)c1cccc(F)c1. The van der Waals surface area contributed by atoms with Gasteiger partial charge in [0.2, 0.25) is 0 Å². The standard InChI is InChI=1S/C15H22BrFO/c1-2-3-4-5-6-10-18-15(12-16)13-8-7-9-14(17)11-13/h7-9,11,15H,2-6,10,12H2,1H3. The molecular weight excluding hydrogens is 295 g/mol. The Balaban J connectivity index is 2.29. The first-order chi connectivity index (χ1) is 8.77. The number of rotatable bonds is 9. The zero-order valence-corrected chi connectivity index (χ0v) is 12.6. The number of benzene rings is 1. The summed E-state index contributed by atoms with van der Waals surface area (Å²) in [7, 11) is 0. The second kappa shape index (κ2) is 9.51. The molecule has 1 unspecified atom stereocenters. The quantitative estimate of drug-likeness (QED) is 0.446. The van der Waals surface area contributed by atoms with Crippen LogP contribution < -0.4 is 0 Å². The van der Waals surface area contributed by atoms with Gasteiger partial charge in [0.1, 0.15) is 5.82 Å². The molecule has 0 amide bonds. The Morgan fingerprint density at radius 2 is 2.00 bits per heavy atom. The van der Waals surface area contributed by atoms with E-state index in [0.29, 0.717) is 5.33 Å². The van der Waals surface area contributed by atoms with Gasteiger partial charge in [0.05, 0.1) is 6.10 Å². The minimum absolute atomic E-state index is 0.0492. The van der Waals surface area contributed by atoms with Gasteiger partial charge in [-0.15, -0.1) is 0 Å².